The lowest BCUT2D eigenvalue weighted by Gasteiger charge is -2.14. The van der Waals surface area contributed by atoms with E-state index in [-0.39, 0.29) is 11.7 Å². The summed E-state index contributed by atoms with van der Waals surface area (Å²) >= 11 is 5.95. The molecule has 0 radical (unpaired) electrons. The van der Waals surface area contributed by atoms with E-state index in [2.05, 4.69) is 30.3 Å². The van der Waals surface area contributed by atoms with E-state index in [9.17, 15) is 4.39 Å². The molecule has 1 aliphatic rings. The van der Waals surface area contributed by atoms with Crippen molar-refractivity contribution in [3.8, 4) is 11.1 Å². The lowest BCUT2D eigenvalue weighted by atomic mass is 9.90. The molecule has 1 atom stereocenters. The molecule has 0 heterocycles. The van der Waals surface area contributed by atoms with Gasteiger partial charge in [0.2, 0.25) is 0 Å². The van der Waals surface area contributed by atoms with Gasteiger partial charge in [0.1, 0.15) is 5.82 Å². The Labute approximate surface area is 140 Å². The molecule has 2 heteroatoms. The second-order valence-corrected chi connectivity index (χ2v) is 6.47. The van der Waals surface area contributed by atoms with Crippen LogP contribution in [0.25, 0.3) is 11.1 Å². The predicted molar refractivity (Wildman–Crippen MR) is 93.5 cm³/mol. The molecule has 0 saturated heterocycles. The molecule has 0 saturated carbocycles. The largest absolute Gasteiger partial charge is 0.207 e. The number of fused-ring (bicyclic) bond motifs is 3. The summed E-state index contributed by atoms with van der Waals surface area (Å²) in [5.74, 6) is 0.0978. The van der Waals surface area contributed by atoms with Crippen molar-refractivity contribution >= 4 is 11.6 Å². The fraction of sp³-hybridized carbons (Fsp3) is 0.143. The zero-order valence-electron chi connectivity index (χ0n) is 12.6. The van der Waals surface area contributed by atoms with Crippen LogP contribution in [0, 0.1) is 5.82 Å². The minimum Gasteiger partial charge on any atom is -0.207 e. The van der Waals surface area contributed by atoms with E-state index >= 15 is 0 Å². The maximum Gasteiger partial charge on any atom is 0.123 e. The molecule has 4 rings (SSSR count). The molecule has 0 amide bonds. The summed E-state index contributed by atoms with van der Waals surface area (Å²) in [4.78, 5) is 0. The van der Waals surface area contributed by atoms with Crippen LogP contribution in [0.4, 0.5) is 4.39 Å². The molecule has 0 nitrogen and oxygen atoms in total. The van der Waals surface area contributed by atoms with Crippen molar-refractivity contribution in [1.29, 1.82) is 0 Å². The average molecular weight is 323 g/mol. The van der Waals surface area contributed by atoms with Gasteiger partial charge in [-0.15, -0.1) is 0 Å². The third-order valence-corrected chi connectivity index (χ3v) is 4.90. The highest BCUT2D eigenvalue weighted by atomic mass is 35.5. The Morgan fingerprint density at radius 2 is 1.57 bits per heavy atom. The van der Waals surface area contributed by atoms with Crippen molar-refractivity contribution in [3.63, 3.8) is 0 Å². The van der Waals surface area contributed by atoms with Crippen LogP contribution < -0.4 is 0 Å². The number of hydrogen-bond donors (Lipinski definition) is 0. The second kappa shape index (κ2) is 5.82. The SMILES string of the molecule is Fc1ccc2c(c1)C(CCc1ccc(Cl)cc1)c1ccccc1-2. The van der Waals surface area contributed by atoms with Gasteiger partial charge in [0.25, 0.3) is 0 Å². The Balaban J connectivity index is 1.68. The molecule has 0 aliphatic heterocycles. The molecule has 23 heavy (non-hydrogen) atoms. The zero-order chi connectivity index (χ0) is 15.8. The summed E-state index contributed by atoms with van der Waals surface area (Å²) in [6.45, 7) is 0. The van der Waals surface area contributed by atoms with Crippen LogP contribution in [-0.2, 0) is 6.42 Å². The predicted octanol–water partition coefficient (Wildman–Crippen LogP) is 6.22. The van der Waals surface area contributed by atoms with Gasteiger partial charge in [0, 0.05) is 10.9 Å². The van der Waals surface area contributed by atoms with E-state index in [1.54, 1.807) is 12.1 Å². The standard InChI is InChI=1S/C21H16ClF/c22-15-8-5-14(6-9-15)7-11-19-17-3-1-2-4-18(17)20-12-10-16(23)13-21(19)20/h1-6,8-10,12-13,19H,7,11H2. The summed E-state index contributed by atoms with van der Waals surface area (Å²) in [7, 11) is 0. The third kappa shape index (κ3) is 2.66. The Hall–Kier alpha value is -2.12. The highest BCUT2D eigenvalue weighted by molar-refractivity contribution is 6.30. The average Bonchev–Trinajstić information content (AvgIpc) is 2.87. The number of benzene rings is 3. The molecule has 114 valence electrons. The molecule has 3 aromatic carbocycles. The zero-order valence-corrected chi connectivity index (χ0v) is 13.4. The number of halogens is 2. The van der Waals surface area contributed by atoms with Crippen LogP contribution in [-0.4, -0.2) is 0 Å². The minimum absolute atomic E-state index is 0.159. The van der Waals surface area contributed by atoms with Crippen LogP contribution in [0.2, 0.25) is 5.02 Å². The van der Waals surface area contributed by atoms with Crippen LogP contribution in [0.5, 0.6) is 0 Å². The second-order valence-electron chi connectivity index (χ2n) is 6.04. The molecule has 0 fully saturated rings. The Morgan fingerprint density at radius 3 is 2.39 bits per heavy atom. The van der Waals surface area contributed by atoms with Crippen molar-refractivity contribution in [3.05, 3.63) is 94.3 Å². The highest BCUT2D eigenvalue weighted by Crippen LogP contribution is 2.46. The van der Waals surface area contributed by atoms with Gasteiger partial charge < -0.3 is 0 Å². The van der Waals surface area contributed by atoms with Crippen LogP contribution in [0.3, 0.4) is 0 Å². The van der Waals surface area contributed by atoms with Crippen LogP contribution >= 0.6 is 11.6 Å². The highest BCUT2D eigenvalue weighted by Gasteiger charge is 2.28. The Morgan fingerprint density at radius 1 is 0.826 bits per heavy atom. The van der Waals surface area contributed by atoms with Gasteiger partial charge >= 0.3 is 0 Å². The normalized spacial score (nSPS) is 15.3. The van der Waals surface area contributed by atoms with Crippen LogP contribution in [0.1, 0.15) is 29.0 Å². The van der Waals surface area contributed by atoms with Gasteiger partial charge in [-0.2, -0.15) is 0 Å². The van der Waals surface area contributed by atoms with Gasteiger partial charge in [-0.05, 0) is 64.9 Å². The molecular formula is C21H16ClF. The van der Waals surface area contributed by atoms with Crippen molar-refractivity contribution in [1.82, 2.24) is 0 Å². The van der Waals surface area contributed by atoms with Crippen molar-refractivity contribution in [2.75, 3.05) is 0 Å². The molecule has 0 aromatic heterocycles. The maximum atomic E-state index is 13.8. The lowest BCUT2D eigenvalue weighted by molar-refractivity contribution is 0.622. The Bertz CT molecular complexity index is 852. The van der Waals surface area contributed by atoms with Crippen molar-refractivity contribution < 1.29 is 4.39 Å². The van der Waals surface area contributed by atoms with Crippen LogP contribution in [0.15, 0.2) is 66.7 Å². The quantitative estimate of drug-likeness (QED) is 0.536. The molecule has 0 spiro atoms. The minimum atomic E-state index is -0.159. The van der Waals surface area contributed by atoms with Gasteiger partial charge in [-0.3, -0.25) is 0 Å². The van der Waals surface area contributed by atoms with E-state index in [0.29, 0.717) is 0 Å². The first kappa shape index (κ1) is 14.5. The van der Waals surface area contributed by atoms with E-state index in [0.717, 1.165) is 23.4 Å². The first-order valence-electron chi connectivity index (χ1n) is 7.85. The summed E-state index contributed by atoms with van der Waals surface area (Å²) in [5.41, 5.74) is 6.09. The van der Waals surface area contributed by atoms with Gasteiger partial charge in [0.15, 0.2) is 0 Å². The summed E-state index contributed by atoms with van der Waals surface area (Å²) in [5, 5.41) is 0.757. The van der Waals surface area contributed by atoms with E-state index < -0.39 is 0 Å². The molecule has 1 unspecified atom stereocenters. The molecular weight excluding hydrogens is 307 g/mol. The first-order valence-corrected chi connectivity index (χ1v) is 8.23. The summed E-state index contributed by atoms with van der Waals surface area (Å²) in [6.07, 6.45) is 1.92. The van der Waals surface area contributed by atoms with E-state index in [4.69, 9.17) is 11.6 Å². The smallest absolute Gasteiger partial charge is 0.123 e. The first-order chi connectivity index (χ1) is 11.2. The third-order valence-electron chi connectivity index (χ3n) is 4.65. The monoisotopic (exact) mass is 322 g/mol. The fourth-order valence-corrected chi connectivity index (χ4v) is 3.68. The lowest BCUT2D eigenvalue weighted by Crippen LogP contribution is -1.99. The molecule has 3 aromatic rings. The fourth-order valence-electron chi connectivity index (χ4n) is 3.55. The van der Waals surface area contributed by atoms with Gasteiger partial charge in [-0.1, -0.05) is 54.1 Å². The Kier molecular flexibility index (Phi) is 3.66. The number of rotatable bonds is 3. The number of hydrogen-bond acceptors (Lipinski definition) is 0. The van der Waals surface area contributed by atoms with Crippen molar-refractivity contribution in [2.45, 2.75) is 18.8 Å². The molecule has 0 bridgehead atoms. The maximum absolute atomic E-state index is 13.8. The van der Waals surface area contributed by atoms with Crippen molar-refractivity contribution in [2.24, 2.45) is 0 Å². The summed E-state index contributed by atoms with van der Waals surface area (Å²) in [6, 6.07) is 21.6. The topological polar surface area (TPSA) is 0 Å². The summed E-state index contributed by atoms with van der Waals surface area (Å²) < 4.78 is 13.8. The van der Waals surface area contributed by atoms with Gasteiger partial charge in [-0.25, -0.2) is 4.39 Å². The molecule has 0 N–H and O–H groups in total. The number of aryl methyl sites for hydroxylation is 1. The van der Waals surface area contributed by atoms with E-state index in [1.807, 2.05) is 24.3 Å². The van der Waals surface area contributed by atoms with Gasteiger partial charge in [0.05, 0.1) is 0 Å². The molecule has 1 aliphatic carbocycles. The van der Waals surface area contributed by atoms with E-state index in [1.165, 1.54) is 22.3 Å².